The summed E-state index contributed by atoms with van der Waals surface area (Å²) in [5.74, 6) is -0.0932. The lowest BCUT2D eigenvalue weighted by Crippen LogP contribution is -2.53. The van der Waals surface area contributed by atoms with Gasteiger partial charge in [0, 0.05) is 30.8 Å². The van der Waals surface area contributed by atoms with Crippen LogP contribution in [-0.2, 0) is 19.7 Å². The van der Waals surface area contributed by atoms with Gasteiger partial charge < -0.3 is 14.4 Å². The van der Waals surface area contributed by atoms with Crippen LogP contribution in [0.2, 0.25) is 0 Å². The van der Waals surface area contributed by atoms with E-state index < -0.39 is 5.79 Å². The van der Waals surface area contributed by atoms with E-state index in [0.29, 0.717) is 12.5 Å². The fourth-order valence-electron chi connectivity index (χ4n) is 4.59. The maximum absolute atomic E-state index is 13.5. The van der Waals surface area contributed by atoms with Crippen molar-refractivity contribution < 1.29 is 14.3 Å². The number of amides is 1. The summed E-state index contributed by atoms with van der Waals surface area (Å²) in [4.78, 5) is 16.8. The van der Waals surface area contributed by atoms with Gasteiger partial charge in [-0.05, 0) is 31.2 Å². The Kier molecular flexibility index (Phi) is 4.43. The smallest absolute Gasteiger partial charge is 0.234 e. The Morgan fingerprint density at radius 3 is 2.54 bits per heavy atom. The first-order valence-electron chi connectivity index (χ1n) is 9.29. The second-order valence-electron chi connectivity index (χ2n) is 7.56. The van der Waals surface area contributed by atoms with Crippen molar-refractivity contribution in [2.75, 3.05) is 19.7 Å². The highest BCUT2D eigenvalue weighted by atomic mass is 32.1. The first-order chi connectivity index (χ1) is 11.6. The van der Waals surface area contributed by atoms with Gasteiger partial charge in [0.15, 0.2) is 5.79 Å². The molecule has 1 saturated carbocycles. The molecule has 3 aliphatic rings. The van der Waals surface area contributed by atoms with Crippen LogP contribution >= 0.6 is 11.3 Å². The Bertz CT molecular complexity index is 571. The average molecular weight is 349 g/mol. The molecule has 3 fully saturated rings. The predicted octanol–water partition coefficient (Wildman–Crippen LogP) is 3.70. The van der Waals surface area contributed by atoms with Crippen LogP contribution in [0, 0.1) is 0 Å². The second kappa shape index (κ2) is 6.43. The van der Waals surface area contributed by atoms with Gasteiger partial charge in [-0.25, -0.2) is 0 Å². The molecule has 0 radical (unpaired) electrons. The number of hydrogen-bond donors (Lipinski definition) is 0. The summed E-state index contributed by atoms with van der Waals surface area (Å²) < 4.78 is 11.9. The number of likely N-dealkylation sites (tertiary alicyclic amines) is 1. The third-order valence-electron chi connectivity index (χ3n) is 5.92. The SMILES string of the molecule is C[C@@H]1COC2(CCN(C(=O)C3(c4cccs4)CCCCC3)CC2)O1. The zero-order valence-electron chi connectivity index (χ0n) is 14.5. The van der Waals surface area contributed by atoms with Crippen molar-refractivity contribution >= 4 is 17.2 Å². The van der Waals surface area contributed by atoms with Crippen LogP contribution in [0.5, 0.6) is 0 Å². The van der Waals surface area contributed by atoms with Gasteiger partial charge in [-0.1, -0.05) is 25.3 Å². The summed E-state index contributed by atoms with van der Waals surface area (Å²) in [5.41, 5.74) is -0.276. The normalized spacial score (nSPS) is 29.0. The number of nitrogens with zero attached hydrogens (tertiary/aromatic N) is 1. The Morgan fingerprint density at radius 2 is 1.96 bits per heavy atom. The highest BCUT2D eigenvalue weighted by Gasteiger charge is 2.48. The van der Waals surface area contributed by atoms with E-state index in [9.17, 15) is 4.79 Å². The molecule has 4 nitrogen and oxygen atoms in total. The van der Waals surface area contributed by atoms with Gasteiger partial charge in [0.25, 0.3) is 0 Å². The lowest BCUT2D eigenvalue weighted by molar-refractivity contribution is -0.196. The molecule has 4 rings (SSSR count). The third-order valence-corrected chi connectivity index (χ3v) is 6.99. The van der Waals surface area contributed by atoms with Crippen molar-refractivity contribution in [2.24, 2.45) is 0 Å². The minimum atomic E-state index is -0.432. The molecule has 1 aliphatic carbocycles. The molecule has 0 N–H and O–H groups in total. The van der Waals surface area contributed by atoms with E-state index in [1.165, 1.54) is 11.3 Å². The molecule has 5 heteroatoms. The fraction of sp³-hybridized carbons (Fsp3) is 0.737. The molecule has 0 unspecified atom stereocenters. The molecular weight excluding hydrogens is 322 g/mol. The highest BCUT2D eigenvalue weighted by molar-refractivity contribution is 7.10. The minimum absolute atomic E-state index is 0.169. The predicted molar refractivity (Wildman–Crippen MR) is 94.1 cm³/mol. The van der Waals surface area contributed by atoms with Crippen LogP contribution in [0.25, 0.3) is 0 Å². The Balaban J connectivity index is 1.50. The second-order valence-corrected chi connectivity index (χ2v) is 8.51. The van der Waals surface area contributed by atoms with Crippen molar-refractivity contribution in [2.45, 2.75) is 69.2 Å². The number of rotatable bonds is 2. The van der Waals surface area contributed by atoms with Crippen molar-refractivity contribution in [3.63, 3.8) is 0 Å². The zero-order valence-corrected chi connectivity index (χ0v) is 15.3. The molecule has 3 heterocycles. The van der Waals surface area contributed by atoms with E-state index in [-0.39, 0.29) is 11.5 Å². The molecule has 2 aliphatic heterocycles. The third kappa shape index (κ3) is 2.80. The maximum atomic E-state index is 13.5. The van der Waals surface area contributed by atoms with Crippen LogP contribution in [0.3, 0.4) is 0 Å². The van der Waals surface area contributed by atoms with Crippen LogP contribution in [0.4, 0.5) is 0 Å². The molecule has 1 aromatic heterocycles. The first kappa shape index (κ1) is 16.6. The number of carbonyl (C=O) groups excluding carboxylic acids is 1. The standard InChI is InChI=1S/C19H27NO3S/c1-15-14-22-19(23-15)9-11-20(12-10-19)17(21)18(7-3-2-4-8-18)16-6-5-13-24-16/h5-6,13,15H,2-4,7-12,14H2,1H3/t15-/m1/s1. The van der Waals surface area contributed by atoms with E-state index in [1.807, 2.05) is 0 Å². The van der Waals surface area contributed by atoms with Gasteiger partial charge in [-0.15, -0.1) is 11.3 Å². The summed E-state index contributed by atoms with van der Waals surface area (Å²) in [6, 6.07) is 4.24. The van der Waals surface area contributed by atoms with E-state index >= 15 is 0 Å². The van der Waals surface area contributed by atoms with Crippen molar-refractivity contribution in [1.29, 1.82) is 0 Å². The highest BCUT2D eigenvalue weighted by Crippen LogP contribution is 2.44. The molecule has 0 bridgehead atoms. The van der Waals surface area contributed by atoms with Gasteiger partial charge in [0.05, 0.1) is 18.1 Å². The van der Waals surface area contributed by atoms with Crippen LogP contribution < -0.4 is 0 Å². The van der Waals surface area contributed by atoms with Gasteiger partial charge in [-0.3, -0.25) is 4.79 Å². The summed E-state index contributed by atoms with van der Waals surface area (Å²) in [6.07, 6.45) is 7.32. The quantitative estimate of drug-likeness (QED) is 0.817. The molecule has 1 aromatic rings. The monoisotopic (exact) mass is 349 g/mol. The van der Waals surface area contributed by atoms with Gasteiger partial charge in [0.1, 0.15) is 0 Å². The molecule has 132 valence electrons. The first-order valence-corrected chi connectivity index (χ1v) is 10.2. The van der Waals surface area contributed by atoms with Crippen molar-refractivity contribution in [3.8, 4) is 0 Å². The summed E-state index contributed by atoms with van der Waals surface area (Å²) in [6.45, 7) is 4.23. The maximum Gasteiger partial charge on any atom is 0.234 e. The largest absolute Gasteiger partial charge is 0.347 e. The number of hydrogen-bond acceptors (Lipinski definition) is 4. The molecule has 1 amide bonds. The molecule has 0 aromatic carbocycles. The molecule has 1 spiro atoms. The van der Waals surface area contributed by atoms with Gasteiger partial charge in [-0.2, -0.15) is 0 Å². The number of carbonyl (C=O) groups is 1. The summed E-state index contributed by atoms with van der Waals surface area (Å²) in [5, 5.41) is 2.10. The molecule has 24 heavy (non-hydrogen) atoms. The minimum Gasteiger partial charge on any atom is -0.347 e. The van der Waals surface area contributed by atoms with E-state index in [1.54, 1.807) is 11.3 Å². The average Bonchev–Trinajstić information content (AvgIpc) is 3.27. The van der Waals surface area contributed by atoms with Gasteiger partial charge >= 0.3 is 0 Å². The van der Waals surface area contributed by atoms with E-state index in [2.05, 4.69) is 29.3 Å². The summed E-state index contributed by atoms with van der Waals surface area (Å²) in [7, 11) is 0. The van der Waals surface area contributed by atoms with Crippen LogP contribution in [0.15, 0.2) is 17.5 Å². The molecule has 2 saturated heterocycles. The van der Waals surface area contributed by atoms with Crippen molar-refractivity contribution in [1.82, 2.24) is 4.90 Å². The summed E-state index contributed by atoms with van der Waals surface area (Å²) >= 11 is 1.74. The Labute approximate surface area is 148 Å². The topological polar surface area (TPSA) is 38.8 Å². The van der Waals surface area contributed by atoms with Crippen molar-refractivity contribution in [3.05, 3.63) is 22.4 Å². The number of ether oxygens (including phenoxy) is 2. The Hall–Kier alpha value is -0.910. The van der Waals surface area contributed by atoms with E-state index in [4.69, 9.17) is 9.47 Å². The van der Waals surface area contributed by atoms with Crippen LogP contribution in [-0.4, -0.2) is 42.4 Å². The van der Waals surface area contributed by atoms with E-state index in [0.717, 1.165) is 51.6 Å². The molecular formula is C19H27NO3S. The lowest BCUT2D eigenvalue weighted by Gasteiger charge is -2.43. The fourth-order valence-corrected chi connectivity index (χ4v) is 5.57. The number of thiophene rings is 1. The number of piperidine rings is 1. The zero-order chi connectivity index (χ0) is 16.6. The lowest BCUT2D eigenvalue weighted by atomic mass is 9.71. The Morgan fingerprint density at radius 1 is 1.21 bits per heavy atom. The molecule has 1 atom stereocenters. The van der Waals surface area contributed by atoms with Gasteiger partial charge in [0.2, 0.25) is 5.91 Å². The van der Waals surface area contributed by atoms with Crippen LogP contribution in [0.1, 0.15) is 56.7 Å².